The topological polar surface area (TPSA) is 80.8 Å². The lowest BCUT2D eigenvalue weighted by Gasteiger charge is -2.32. The summed E-state index contributed by atoms with van der Waals surface area (Å²) in [6.45, 7) is 1.86. The number of hydrogen-bond acceptors (Lipinski definition) is 5. The highest BCUT2D eigenvalue weighted by Gasteiger charge is 2.32. The van der Waals surface area contributed by atoms with E-state index in [-0.39, 0.29) is 23.8 Å². The maximum atomic E-state index is 12.6. The number of nitrogens with one attached hydrogen (secondary N) is 1. The molecule has 4 rings (SSSR count). The van der Waals surface area contributed by atoms with Crippen LogP contribution in [0.4, 0.5) is 5.69 Å². The number of piperidine rings is 1. The summed E-state index contributed by atoms with van der Waals surface area (Å²) in [7, 11) is 0. The van der Waals surface area contributed by atoms with Crippen molar-refractivity contribution in [3.05, 3.63) is 48.7 Å². The Labute approximate surface area is 170 Å². The molecule has 0 saturated carbocycles. The molecule has 2 amide bonds. The third-order valence-electron chi connectivity index (χ3n) is 5.35. The Morgan fingerprint density at radius 3 is 2.52 bits per heavy atom. The molecule has 29 heavy (non-hydrogen) atoms. The van der Waals surface area contributed by atoms with E-state index in [0.29, 0.717) is 49.9 Å². The Kier molecular flexibility index (Phi) is 6.05. The van der Waals surface area contributed by atoms with Crippen molar-refractivity contribution in [1.82, 2.24) is 9.88 Å². The number of ether oxygens (including phenoxy) is 2. The molecule has 2 aliphatic heterocycles. The van der Waals surface area contributed by atoms with Crippen LogP contribution in [-0.2, 0) is 14.3 Å². The van der Waals surface area contributed by atoms with Gasteiger partial charge in [0.1, 0.15) is 11.9 Å². The van der Waals surface area contributed by atoms with E-state index in [1.54, 1.807) is 18.3 Å². The van der Waals surface area contributed by atoms with Crippen LogP contribution in [0.25, 0.3) is 0 Å². The van der Waals surface area contributed by atoms with Crippen LogP contribution in [0.15, 0.2) is 48.7 Å². The summed E-state index contributed by atoms with van der Waals surface area (Å²) >= 11 is 0. The Morgan fingerprint density at radius 1 is 1.07 bits per heavy atom. The van der Waals surface area contributed by atoms with Crippen molar-refractivity contribution < 1.29 is 19.1 Å². The van der Waals surface area contributed by atoms with Crippen LogP contribution in [-0.4, -0.2) is 47.5 Å². The molecular weight excluding hydrogens is 370 g/mol. The summed E-state index contributed by atoms with van der Waals surface area (Å²) in [5, 5.41) is 2.92. The molecular formula is C22H25N3O4. The number of benzene rings is 1. The Bertz CT molecular complexity index is 827. The summed E-state index contributed by atoms with van der Waals surface area (Å²) < 4.78 is 11.1. The smallest absolute Gasteiger partial charge is 0.251 e. The highest BCUT2D eigenvalue weighted by molar-refractivity contribution is 5.92. The van der Waals surface area contributed by atoms with Gasteiger partial charge in [-0.2, -0.15) is 0 Å². The van der Waals surface area contributed by atoms with Gasteiger partial charge in [0.05, 0.1) is 11.9 Å². The van der Waals surface area contributed by atoms with Crippen molar-refractivity contribution in [2.24, 2.45) is 5.92 Å². The van der Waals surface area contributed by atoms with E-state index < -0.39 is 0 Å². The van der Waals surface area contributed by atoms with Gasteiger partial charge < -0.3 is 19.7 Å². The summed E-state index contributed by atoms with van der Waals surface area (Å²) in [6.07, 6.45) is 4.36. The first-order chi connectivity index (χ1) is 14.2. The fourth-order valence-electron chi connectivity index (χ4n) is 3.71. The van der Waals surface area contributed by atoms with E-state index >= 15 is 0 Å². The monoisotopic (exact) mass is 395 g/mol. The molecule has 3 heterocycles. The predicted octanol–water partition coefficient (Wildman–Crippen LogP) is 3.23. The van der Waals surface area contributed by atoms with Gasteiger partial charge in [0.25, 0.3) is 5.91 Å². The molecule has 1 atom stereocenters. The molecule has 152 valence electrons. The number of carbonyl (C=O) groups excluding carboxylic acids is 2. The molecule has 2 fully saturated rings. The van der Waals surface area contributed by atoms with Crippen LogP contribution < -0.4 is 10.1 Å². The van der Waals surface area contributed by atoms with Crippen LogP contribution in [0.2, 0.25) is 0 Å². The number of rotatable bonds is 5. The zero-order valence-corrected chi connectivity index (χ0v) is 16.3. The van der Waals surface area contributed by atoms with Gasteiger partial charge in [-0.25, -0.2) is 4.98 Å². The quantitative estimate of drug-likeness (QED) is 0.841. The maximum absolute atomic E-state index is 12.6. The highest BCUT2D eigenvalue weighted by atomic mass is 16.5. The second-order valence-electron chi connectivity index (χ2n) is 7.39. The number of likely N-dealkylation sites (tertiary alicyclic amines) is 1. The van der Waals surface area contributed by atoms with Gasteiger partial charge in [0.2, 0.25) is 11.8 Å². The number of amides is 2. The van der Waals surface area contributed by atoms with Crippen LogP contribution in [0.1, 0.15) is 25.7 Å². The van der Waals surface area contributed by atoms with E-state index in [4.69, 9.17) is 9.47 Å². The van der Waals surface area contributed by atoms with Gasteiger partial charge in [0.15, 0.2) is 0 Å². The van der Waals surface area contributed by atoms with Crippen LogP contribution in [0, 0.1) is 5.92 Å². The first-order valence-corrected chi connectivity index (χ1v) is 10.1. The lowest BCUT2D eigenvalue weighted by molar-refractivity contribution is -0.143. The number of pyridine rings is 1. The molecule has 1 aromatic carbocycles. The fraction of sp³-hybridized carbons (Fsp3) is 0.409. The van der Waals surface area contributed by atoms with E-state index in [2.05, 4.69) is 10.3 Å². The van der Waals surface area contributed by atoms with Crippen LogP contribution in [0.5, 0.6) is 11.6 Å². The molecule has 7 heteroatoms. The summed E-state index contributed by atoms with van der Waals surface area (Å²) in [5.41, 5.74) is 0.633. The molecule has 2 aliphatic rings. The normalized spacial score (nSPS) is 19.7. The largest absolute Gasteiger partial charge is 0.439 e. The van der Waals surface area contributed by atoms with E-state index in [1.165, 1.54) is 0 Å². The fourth-order valence-corrected chi connectivity index (χ4v) is 3.71. The minimum Gasteiger partial charge on any atom is -0.439 e. The zero-order chi connectivity index (χ0) is 20.1. The van der Waals surface area contributed by atoms with E-state index in [9.17, 15) is 9.59 Å². The number of nitrogens with zero attached hydrogens (tertiary/aromatic N) is 2. The van der Waals surface area contributed by atoms with Gasteiger partial charge in [-0.1, -0.05) is 18.2 Å². The number of anilines is 1. The Balaban J connectivity index is 1.26. The number of hydrogen-bond donors (Lipinski definition) is 1. The van der Waals surface area contributed by atoms with E-state index in [0.717, 1.165) is 12.8 Å². The average molecular weight is 395 g/mol. The molecule has 2 saturated heterocycles. The van der Waals surface area contributed by atoms with Crippen molar-refractivity contribution in [3.63, 3.8) is 0 Å². The minimum absolute atomic E-state index is 0.0345. The summed E-state index contributed by atoms with van der Waals surface area (Å²) in [5.74, 6) is 1.10. The van der Waals surface area contributed by atoms with Crippen LogP contribution >= 0.6 is 0 Å². The number of para-hydroxylation sites is 1. The summed E-state index contributed by atoms with van der Waals surface area (Å²) in [6, 6.07) is 12.9. The van der Waals surface area contributed by atoms with Gasteiger partial charge in [-0.3, -0.25) is 9.59 Å². The number of carbonyl (C=O) groups is 2. The molecule has 0 radical (unpaired) electrons. The van der Waals surface area contributed by atoms with Gasteiger partial charge in [0, 0.05) is 31.7 Å². The lowest BCUT2D eigenvalue weighted by atomic mass is 9.95. The van der Waals surface area contributed by atoms with Crippen molar-refractivity contribution in [2.75, 3.05) is 25.0 Å². The van der Waals surface area contributed by atoms with Gasteiger partial charge in [-0.15, -0.1) is 0 Å². The van der Waals surface area contributed by atoms with Gasteiger partial charge in [-0.05, 0) is 43.9 Å². The summed E-state index contributed by atoms with van der Waals surface area (Å²) in [4.78, 5) is 31.1. The first kappa shape index (κ1) is 19.4. The molecule has 1 N–H and O–H groups in total. The standard InChI is InChI=1S/C22H25N3O4/c26-21(16-10-12-25(13-11-16)22(27)19-7-4-14-28-19)24-17-8-9-20(23-15-17)29-18-5-2-1-3-6-18/h1-3,5-6,8-9,15-16,19H,4,7,10-14H2,(H,24,26)/t19-/m0/s1. The molecule has 0 spiro atoms. The second-order valence-corrected chi connectivity index (χ2v) is 7.39. The third kappa shape index (κ3) is 4.92. The molecule has 7 nitrogen and oxygen atoms in total. The zero-order valence-electron chi connectivity index (χ0n) is 16.3. The second kappa shape index (κ2) is 9.05. The van der Waals surface area contributed by atoms with Crippen LogP contribution in [0.3, 0.4) is 0 Å². The van der Waals surface area contributed by atoms with Crippen molar-refractivity contribution in [3.8, 4) is 11.6 Å². The number of aromatic nitrogens is 1. The average Bonchev–Trinajstić information content (AvgIpc) is 3.30. The first-order valence-electron chi connectivity index (χ1n) is 10.1. The predicted molar refractivity (Wildman–Crippen MR) is 108 cm³/mol. The lowest BCUT2D eigenvalue weighted by Crippen LogP contribution is -2.45. The van der Waals surface area contributed by atoms with Crippen molar-refractivity contribution in [2.45, 2.75) is 31.8 Å². The Morgan fingerprint density at radius 2 is 1.86 bits per heavy atom. The van der Waals surface area contributed by atoms with Crippen molar-refractivity contribution in [1.29, 1.82) is 0 Å². The maximum Gasteiger partial charge on any atom is 0.251 e. The highest BCUT2D eigenvalue weighted by Crippen LogP contribution is 2.24. The Hall–Kier alpha value is -2.93. The molecule has 0 unspecified atom stereocenters. The SMILES string of the molecule is O=C(Nc1ccc(Oc2ccccc2)nc1)C1CCN(C(=O)[C@@H]2CCCO2)CC1. The molecule has 0 aliphatic carbocycles. The molecule has 2 aromatic rings. The third-order valence-corrected chi connectivity index (χ3v) is 5.35. The van der Waals surface area contributed by atoms with Crippen molar-refractivity contribution >= 4 is 17.5 Å². The molecule has 0 bridgehead atoms. The minimum atomic E-state index is -0.289. The van der Waals surface area contributed by atoms with E-state index in [1.807, 2.05) is 35.2 Å². The van der Waals surface area contributed by atoms with Gasteiger partial charge >= 0.3 is 0 Å². The molecule has 1 aromatic heterocycles.